The van der Waals surface area contributed by atoms with Crippen LogP contribution in [0.2, 0.25) is 5.15 Å². The Kier molecular flexibility index (Phi) is 4.79. The van der Waals surface area contributed by atoms with Gasteiger partial charge in [0.15, 0.2) is 5.15 Å². The molecule has 5 heteroatoms. The quantitative estimate of drug-likeness (QED) is 0.796. The first kappa shape index (κ1) is 12.5. The summed E-state index contributed by atoms with van der Waals surface area (Å²) < 4.78 is 0. The lowest BCUT2D eigenvalue weighted by molar-refractivity contribution is 0.255. The van der Waals surface area contributed by atoms with E-state index in [1.165, 1.54) is 0 Å². The van der Waals surface area contributed by atoms with Crippen LogP contribution in [-0.4, -0.2) is 11.0 Å². The third-order valence-corrected chi connectivity index (χ3v) is 2.32. The second kappa shape index (κ2) is 6.12. The van der Waals surface area contributed by atoms with E-state index >= 15 is 0 Å². The third-order valence-electron chi connectivity index (χ3n) is 2.01. The largest absolute Gasteiger partial charge is 0.323 e. The monoisotopic (exact) mass is 239 g/mol. The predicted molar refractivity (Wildman–Crippen MR) is 65.4 cm³/mol. The van der Waals surface area contributed by atoms with E-state index in [1.807, 2.05) is 13.8 Å². The molecule has 1 aromatic heterocycles. The highest BCUT2D eigenvalue weighted by molar-refractivity contribution is 6.32. The molecule has 1 heterocycles. The molecule has 0 aliphatic carbocycles. The van der Waals surface area contributed by atoms with Gasteiger partial charge in [0.1, 0.15) is 0 Å². The fourth-order valence-electron chi connectivity index (χ4n) is 0.928. The van der Waals surface area contributed by atoms with Gasteiger partial charge in [0.2, 0.25) is 0 Å². The first-order valence-electron chi connectivity index (χ1n) is 4.97. The second-order valence-corrected chi connectivity index (χ2v) is 3.64. The molecule has 0 spiro atoms. The van der Waals surface area contributed by atoms with Gasteiger partial charge in [-0.25, -0.2) is 9.78 Å². The van der Waals surface area contributed by atoms with Gasteiger partial charge in [-0.3, -0.25) is 0 Å². The third kappa shape index (κ3) is 3.90. The molecule has 16 heavy (non-hydrogen) atoms. The Morgan fingerprint density at radius 2 is 2.38 bits per heavy atom. The number of pyridine rings is 1. The van der Waals surface area contributed by atoms with Crippen LogP contribution in [0.3, 0.4) is 0 Å². The zero-order valence-corrected chi connectivity index (χ0v) is 10.0. The molecular weight excluding hydrogens is 226 g/mol. The van der Waals surface area contributed by atoms with Crippen LogP contribution in [0.5, 0.6) is 0 Å². The number of anilines is 1. The van der Waals surface area contributed by atoms with Crippen LogP contribution in [0.15, 0.2) is 30.1 Å². The molecule has 0 aromatic carbocycles. The molecule has 0 saturated carbocycles. The first-order chi connectivity index (χ1) is 7.63. The molecule has 0 unspecified atom stereocenters. The van der Waals surface area contributed by atoms with E-state index < -0.39 is 0 Å². The Bertz CT molecular complexity index is 404. The predicted octanol–water partition coefficient (Wildman–Crippen LogP) is 3.17. The van der Waals surface area contributed by atoms with E-state index in [9.17, 15) is 4.79 Å². The zero-order valence-electron chi connectivity index (χ0n) is 9.25. The number of nitrogens with one attached hydrogen (secondary N) is 2. The number of allylic oxidation sites excluding steroid dienone is 1. The second-order valence-electron chi connectivity index (χ2n) is 3.28. The van der Waals surface area contributed by atoms with Crippen molar-refractivity contribution in [2.45, 2.75) is 20.3 Å². The van der Waals surface area contributed by atoms with Crippen LogP contribution in [0.25, 0.3) is 0 Å². The maximum absolute atomic E-state index is 11.4. The number of nitrogens with zero attached hydrogens (tertiary/aromatic N) is 1. The highest BCUT2D eigenvalue weighted by Gasteiger charge is 2.03. The summed E-state index contributed by atoms with van der Waals surface area (Å²) in [5.74, 6) is 0. The Labute approximate surface area is 99.7 Å². The molecule has 0 radical (unpaired) electrons. The Balaban J connectivity index is 2.56. The molecule has 0 aliphatic rings. The number of amides is 2. The standard InChI is InChI=1S/C11H14ClN3O/c1-3-8(2)7-14-11(16)15-9-5-4-6-13-10(9)12/h4-7H,3H2,1-2H3,(H2,14,15,16)/b8-7+. The molecule has 1 rings (SSSR count). The summed E-state index contributed by atoms with van der Waals surface area (Å²) in [6, 6.07) is 3.06. The molecule has 1 aromatic rings. The number of rotatable bonds is 3. The zero-order chi connectivity index (χ0) is 12.0. The van der Waals surface area contributed by atoms with Crippen LogP contribution in [0.4, 0.5) is 10.5 Å². The summed E-state index contributed by atoms with van der Waals surface area (Å²) in [5.41, 5.74) is 1.58. The van der Waals surface area contributed by atoms with Gasteiger partial charge in [-0.05, 0) is 25.5 Å². The van der Waals surface area contributed by atoms with Gasteiger partial charge < -0.3 is 10.6 Å². The lowest BCUT2D eigenvalue weighted by atomic mass is 10.3. The summed E-state index contributed by atoms with van der Waals surface area (Å²) in [6.07, 6.45) is 4.13. The first-order valence-corrected chi connectivity index (χ1v) is 5.35. The average molecular weight is 240 g/mol. The topological polar surface area (TPSA) is 54.0 Å². The normalized spacial score (nSPS) is 11.1. The van der Waals surface area contributed by atoms with Crippen molar-refractivity contribution in [3.05, 3.63) is 35.3 Å². The molecule has 86 valence electrons. The number of aromatic nitrogens is 1. The average Bonchev–Trinajstić information content (AvgIpc) is 2.29. The fourth-order valence-corrected chi connectivity index (χ4v) is 1.10. The molecule has 0 bridgehead atoms. The lowest BCUT2D eigenvalue weighted by Crippen LogP contribution is -2.24. The summed E-state index contributed by atoms with van der Waals surface area (Å²) >= 11 is 5.79. The van der Waals surface area contributed by atoms with Gasteiger partial charge in [-0.1, -0.05) is 24.1 Å². The molecule has 0 fully saturated rings. The highest BCUT2D eigenvalue weighted by Crippen LogP contribution is 2.16. The summed E-state index contributed by atoms with van der Waals surface area (Å²) in [4.78, 5) is 15.3. The molecule has 0 aliphatic heterocycles. The van der Waals surface area contributed by atoms with E-state index in [-0.39, 0.29) is 11.2 Å². The minimum absolute atomic E-state index is 0.272. The van der Waals surface area contributed by atoms with E-state index in [0.717, 1.165) is 12.0 Å². The van der Waals surface area contributed by atoms with Crippen molar-refractivity contribution >= 4 is 23.3 Å². The number of urea groups is 1. The van der Waals surface area contributed by atoms with Crippen LogP contribution in [-0.2, 0) is 0 Å². The van der Waals surface area contributed by atoms with Crippen LogP contribution < -0.4 is 10.6 Å². The molecule has 4 nitrogen and oxygen atoms in total. The SMILES string of the molecule is CC/C(C)=C/NC(=O)Nc1cccnc1Cl. The minimum atomic E-state index is -0.331. The molecular formula is C11H14ClN3O. The highest BCUT2D eigenvalue weighted by atomic mass is 35.5. The van der Waals surface area contributed by atoms with Crippen molar-refractivity contribution in [3.63, 3.8) is 0 Å². The summed E-state index contributed by atoms with van der Waals surface area (Å²) in [6.45, 7) is 3.96. The van der Waals surface area contributed by atoms with Crippen LogP contribution in [0.1, 0.15) is 20.3 Å². The molecule has 2 amide bonds. The van der Waals surface area contributed by atoms with Gasteiger partial charge in [-0.15, -0.1) is 0 Å². The van der Waals surface area contributed by atoms with Crippen LogP contribution in [0, 0.1) is 0 Å². The molecule has 0 saturated heterocycles. The molecule has 2 N–H and O–H groups in total. The van der Waals surface area contributed by atoms with E-state index in [2.05, 4.69) is 15.6 Å². The van der Waals surface area contributed by atoms with Crippen molar-refractivity contribution in [3.8, 4) is 0 Å². The summed E-state index contributed by atoms with van der Waals surface area (Å²) in [7, 11) is 0. The maximum Gasteiger partial charge on any atom is 0.323 e. The van der Waals surface area contributed by atoms with Crippen molar-refractivity contribution in [2.75, 3.05) is 5.32 Å². The Morgan fingerprint density at radius 1 is 1.62 bits per heavy atom. The van der Waals surface area contributed by atoms with Crippen molar-refractivity contribution in [2.24, 2.45) is 0 Å². The van der Waals surface area contributed by atoms with Gasteiger partial charge in [0.25, 0.3) is 0 Å². The van der Waals surface area contributed by atoms with Gasteiger partial charge in [0, 0.05) is 12.4 Å². The van der Waals surface area contributed by atoms with Crippen molar-refractivity contribution < 1.29 is 4.79 Å². The Hall–Kier alpha value is -1.55. The number of carbonyl (C=O) groups is 1. The summed E-state index contributed by atoms with van der Waals surface area (Å²) in [5, 5.41) is 5.48. The number of hydrogen-bond donors (Lipinski definition) is 2. The number of carbonyl (C=O) groups excluding carboxylic acids is 1. The number of halogens is 1. The van der Waals surface area contributed by atoms with Gasteiger partial charge >= 0.3 is 6.03 Å². The van der Waals surface area contributed by atoms with E-state index in [1.54, 1.807) is 24.5 Å². The lowest BCUT2D eigenvalue weighted by Gasteiger charge is -2.06. The van der Waals surface area contributed by atoms with Crippen molar-refractivity contribution in [1.82, 2.24) is 10.3 Å². The van der Waals surface area contributed by atoms with Gasteiger partial charge in [0.05, 0.1) is 5.69 Å². The van der Waals surface area contributed by atoms with Crippen LogP contribution >= 0.6 is 11.6 Å². The smallest absolute Gasteiger partial charge is 0.314 e. The van der Waals surface area contributed by atoms with Crippen molar-refractivity contribution in [1.29, 1.82) is 0 Å². The van der Waals surface area contributed by atoms with Gasteiger partial charge in [-0.2, -0.15) is 0 Å². The molecule has 0 atom stereocenters. The Morgan fingerprint density at radius 3 is 3.00 bits per heavy atom. The van der Waals surface area contributed by atoms with E-state index in [0.29, 0.717) is 5.69 Å². The van der Waals surface area contributed by atoms with E-state index in [4.69, 9.17) is 11.6 Å². The number of hydrogen-bond acceptors (Lipinski definition) is 2. The minimum Gasteiger partial charge on any atom is -0.314 e. The maximum atomic E-state index is 11.4. The fraction of sp³-hybridized carbons (Fsp3) is 0.273.